The van der Waals surface area contributed by atoms with E-state index in [2.05, 4.69) is 5.32 Å². The summed E-state index contributed by atoms with van der Waals surface area (Å²) in [6.07, 6.45) is 0. The SMILES string of the molecule is Cc1ccc(C)c(NC2=C(c3ccc(Cl)cc3)C(=O)N(c3ccccc3)C2=O)c1. The Balaban J connectivity index is 1.85. The predicted molar refractivity (Wildman–Crippen MR) is 117 cm³/mol. The van der Waals surface area contributed by atoms with Gasteiger partial charge in [-0.1, -0.05) is 54.1 Å². The van der Waals surface area contributed by atoms with Crippen LogP contribution in [-0.4, -0.2) is 11.8 Å². The summed E-state index contributed by atoms with van der Waals surface area (Å²) >= 11 is 6.02. The Morgan fingerprint density at radius 1 is 0.828 bits per heavy atom. The van der Waals surface area contributed by atoms with E-state index in [-0.39, 0.29) is 17.5 Å². The van der Waals surface area contributed by atoms with Crippen LogP contribution in [0.25, 0.3) is 5.57 Å². The lowest BCUT2D eigenvalue weighted by atomic mass is 10.0. The molecule has 0 radical (unpaired) electrons. The zero-order valence-electron chi connectivity index (χ0n) is 16.1. The zero-order chi connectivity index (χ0) is 20.5. The van der Waals surface area contributed by atoms with Crippen molar-refractivity contribution in [2.45, 2.75) is 13.8 Å². The molecule has 0 fully saturated rings. The molecule has 144 valence electrons. The fourth-order valence-electron chi connectivity index (χ4n) is 3.35. The summed E-state index contributed by atoms with van der Waals surface area (Å²) in [5.74, 6) is -0.747. The van der Waals surface area contributed by atoms with Crippen LogP contribution in [0.1, 0.15) is 16.7 Å². The van der Waals surface area contributed by atoms with Crippen molar-refractivity contribution in [1.82, 2.24) is 0 Å². The molecule has 0 spiro atoms. The molecular weight excluding hydrogens is 384 g/mol. The van der Waals surface area contributed by atoms with Gasteiger partial charge >= 0.3 is 0 Å². The van der Waals surface area contributed by atoms with E-state index in [9.17, 15) is 9.59 Å². The number of halogens is 1. The maximum absolute atomic E-state index is 13.3. The van der Waals surface area contributed by atoms with E-state index < -0.39 is 0 Å². The number of imide groups is 1. The van der Waals surface area contributed by atoms with Crippen molar-refractivity contribution in [1.29, 1.82) is 0 Å². The Kier molecular flexibility index (Phi) is 4.95. The van der Waals surface area contributed by atoms with Crippen LogP contribution in [0.4, 0.5) is 11.4 Å². The number of carbonyl (C=O) groups is 2. The number of amides is 2. The van der Waals surface area contributed by atoms with E-state index in [0.29, 0.717) is 21.8 Å². The summed E-state index contributed by atoms with van der Waals surface area (Å²) < 4.78 is 0. The van der Waals surface area contributed by atoms with Gasteiger partial charge in [0.15, 0.2) is 0 Å². The first-order valence-electron chi connectivity index (χ1n) is 9.24. The van der Waals surface area contributed by atoms with Crippen LogP contribution < -0.4 is 10.2 Å². The first-order valence-corrected chi connectivity index (χ1v) is 9.62. The molecule has 1 heterocycles. The van der Waals surface area contributed by atoms with Crippen molar-refractivity contribution in [3.05, 3.63) is 100 Å². The van der Waals surface area contributed by atoms with Crippen LogP contribution in [0.5, 0.6) is 0 Å². The second-order valence-corrected chi connectivity index (χ2v) is 7.42. The van der Waals surface area contributed by atoms with Crippen molar-refractivity contribution in [3.8, 4) is 0 Å². The number of anilines is 2. The molecule has 0 aromatic heterocycles. The molecule has 4 nitrogen and oxygen atoms in total. The standard InChI is InChI=1S/C24H19ClN2O2/c1-15-8-9-16(2)20(14-15)26-22-21(17-10-12-18(25)13-11-17)23(28)27(24(22)29)19-6-4-3-5-7-19/h3-14,26H,1-2H3. The minimum Gasteiger partial charge on any atom is -0.350 e. The van der Waals surface area contributed by atoms with Gasteiger partial charge in [0.2, 0.25) is 0 Å². The van der Waals surface area contributed by atoms with Crippen molar-refractivity contribution < 1.29 is 9.59 Å². The Morgan fingerprint density at radius 3 is 2.21 bits per heavy atom. The smallest absolute Gasteiger partial charge is 0.282 e. The number of carbonyl (C=O) groups excluding carboxylic acids is 2. The van der Waals surface area contributed by atoms with Crippen molar-refractivity contribution in [3.63, 3.8) is 0 Å². The number of nitrogens with one attached hydrogen (secondary N) is 1. The fraction of sp³-hybridized carbons (Fsp3) is 0.0833. The van der Waals surface area contributed by atoms with E-state index in [0.717, 1.165) is 16.8 Å². The third-order valence-corrected chi connectivity index (χ3v) is 5.14. The molecule has 0 aliphatic carbocycles. The summed E-state index contributed by atoms with van der Waals surface area (Å²) in [5.41, 5.74) is 4.60. The molecule has 5 heteroatoms. The summed E-state index contributed by atoms with van der Waals surface area (Å²) in [7, 11) is 0. The molecule has 0 atom stereocenters. The summed E-state index contributed by atoms with van der Waals surface area (Å²) in [4.78, 5) is 27.9. The molecule has 4 rings (SSSR count). The third kappa shape index (κ3) is 3.55. The van der Waals surface area contributed by atoms with E-state index >= 15 is 0 Å². The van der Waals surface area contributed by atoms with E-state index in [1.54, 1.807) is 48.5 Å². The number of nitrogens with zero attached hydrogens (tertiary/aromatic N) is 1. The highest BCUT2D eigenvalue weighted by atomic mass is 35.5. The van der Waals surface area contributed by atoms with E-state index in [4.69, 9.17) is 11.6 Å². The van der Waals surface area contributed by atoms with Gasteiger partial charge in [-0.05, 0) is 60.9 Å². The van der Waals surface area contributed by atoms with Crippen molar-refractivity contribution in [2.24, 2.45) is 0 Å². The lowest BCUT2D eigenvalue weighted by Gasteiger charge is -2.15. The minimum atomic E-state index is -0.382. The maximum Gasteiger partial charge on any atom is 0.282 e. The Hall–Kier alpha value is -3.37. The van der Waals surface area contributed by atoms with Crippen molar-refractivity contribution in [2.75, 3.05) is 10.2 Å². The highest BCUT2D eigenvalue weighted by Crippen LogP contribution is 2.34. The van der Waals surface area contributed by atoms with Crippen LogP contribution in [0.3, 0.4) is 0 Å². The normalized spacial score (nSPS) is 14.0. The maximum atomic E-state index is 13.3. The average Bonchev–Trinajstić information content (AvgIpc) is 2.96. The fourth-order valence-corrected chi connectivity index (χ4v) is 3.47. The summed E-state index contributed by atoms with van der Waals surface area (Å²) in [6, 6.07) is 21.8. The largest absolute Gasteiger partial charge is 0.350 e. The van der Waals surface area contributed by atoms with Gasteiger partial charge in [0, 0.05) is 10.7 Å². The van der Waals surface area contributed by atoms with Gasteiger partial charge in [0.25, 0.3) is 11.8 Å². The molecule has 1 N–H and O–H groups in total. The highest BCUT2D eigenvalue weighted by molar-refractivity contribution is 6.46. The topological polar surface area (TPSA) is 49.4 Å². The van der Waals surface area contributed by atoms with Crippen molar-refractivity contribution >= 4 is 40.4 Å². The lowest BCUT2D eigenvalue weighted by molar-refractivity contribution is -0.120. The van der Waals surface area contributed by atoms with Gasteiger partial charge in [-0.2, -0.15) is 0 Å². The number of benzene rings is 3. The first kappa shape index (κ1) is 19.0. The van der Waals surface area contributed by atoms with Crippen LogP contribution in [0.15, 0.2) is 78.5 Å². The van der Waals surface area contributed by atoms with Crippen LogP contribution in [0, 0.1) is 13.8 Å². The second-order valence-electron chi connectivity index (χ2n) is 6.98. The molecule has 0 saturated heterocycles. The number of rotatable bonds is 4. The van der Waals surface area contributed by atoms with Crippen LogP contribution in [-0.2, 0) is 9.59 Å². The van der Waals surface area contributed by atoms with Gasteiger partial charge in [-0.15, -0.1) is 0 Å². The Bertz CT molecular complexity index is 1140. The first-order chi connectivity index (χ1) is 14.0. The van der Waals surface area contributed by atoms with Gasteiger partial charge in [-0.25, -0.2) is 4.90 Å². The molecule has 2 amide bonds. The average molecular weight is 403 g/mol. The molecule has 0 bridgehead atoms. The lowest BCUT2D eigenvalue weighted by Crippen LogP contribution is -2.32. The number of hydrogen-bond donors (Lipinski definition) is 1. The molecule has 0 unspecified atom stereocenters. The number of aryl methyl sites for hydroxylation is 2. The molecule has 0 saturated carbocycles. The summed E-state index contributed by atoms with van der Waals surface area (Å²) in [5, 5.41) is 3.79. The monoisotopic (exact) mass is 402 g/mol. The zero-order valence-corrected chi connectivity index (χ0v) is 16.8. The Morgan fingerprint density at radius 2 is 1.52 bits per heavy atom. The molecular formula is C24H19ClN2O2. The van der Waals surface area contributed by atoms with Crippen LogP contribution >= 0.6 is 11.6 Å². The number of hydrogen-bond acceptors (Lipinski definition) is 3. The number of para-hydroxylation sites is 1. The molecule has 1 aliphatic rings. The molecule has 3 aromatic carbocycles. The molecule has 3 aromatic rings. The third-order valence-electron chi connectivity index (χ3n) is 4.88. The highest BCUT2D eigenvalue weighted by Gasteiger charge is 2.40. The Labute approximate surface area is 174 Å². The van der Waals surface area contributed by atoms with Gasteiger partial charge in [0.1, 0.15) is 5.70 Å². The van der Waals surface area contributed by atoms with E-state index in [1.165, 1.54) is 4.90 Å². The van der Waals surface area contributed by atoms with Crippen LogP contribution in [0.2, 0.25) is 5.02 Å². The van der Waals surface area contributed by atoms with Gasteiger partial charge in [-0.3, -0.25) is 9.59 Å². The summed E-state index contributed by atoms with van der Waals surface area (Å²) in [6.45, 7) is 3.94. The molecule has 29 heavy (non-hydrogen) atoms. The van der Waals surface area contributed by atoms with Gasteiger partial charge < -0.3 is 5.32 Å². The van der Waals surface area contributed by atoms with E-state index in [1.807, 2.05) is 38.1 Å². The quantitative estimate of drug-likeness (QED) is 0.598. The molecule has 1 aliphatic heterocycles. The minimum absolute atomic E-state index is 0.259. The second kappa shape index (κ2) is 7.57. The van der Waals surface area contributed by atoms with Gasteiger partial charge in [0.05, 0.1) is 11.3 Å². The predicted octanol–water partition coefficient (Wildman–Crippen LogP) is 5.35.